The lowest BCUT2D eigenvalue weighted by molar-refractivity contribution is 0.0674. The molecule has 0 spiro atoms. The minimum absolute atomic E-state index is 0.121. The van der Waals surface area contributed by atoms with Gasteiger partial charge in [0, 0.05) is 24.3 Å². The van der Waals surface area contributed by atoms with E-state index in [0.717, 1.165) is 35.6 Å². The quantitative estimate of drug-likeness (QED) is 0.660. The summed E-state index contributed by atoms with van der Waals surface area (Å²) in [5.41, 5.74) is 5.18. The molecule has 2 rings (SSSR count). The Morgan fingerprint density at radius 2 is 2.00 bits per heavy atom. The van der Waals surface area contributed by atoms with Crippen LogP contribution in [0.1, 0.15) is 54.9 Å². The Labute approximate surface area is 127 Å². The summed E-state index contributed by atoms with van der Waals surface area (Å²) in [6, 6.07) is 6.00. The zero-order chi connectivity index (χ0) is 15.4. The van der Waals surface area contributed by atoms with E-state index in [0.29, 0.717) is 6.04 Å². The van der Waals surface area contributed by atoms with Crippen LogP contribution in [0.15, 0.2) is 18.2 Å². The van der Waals surface area contributed by atoms with Crippen LogP contribution in [0.5, 0.6) is 0 Å². The van der Waals surface area contributed by atoms with Crippen molar-refractivity contribution >= 4 is 11.6 Å². The molecule has 0 radical (unpaired) electrons. The topological polar surface area (TPSA) is 58.4 Å². The maximum Gasteiger partial charge on any atom is 0.254 e. The molecule has 1 fully saturated rings. The van der Waals surface area contributed by atoms with E-state index in [-0.39, 0.29) is 5.91 Å². The van der Waals surface area contributed by atoms with E-state index in [9.17, 15) is 4.79 Å². The van der Waals surface area contributed by atoms with Crippen LogP contribution in [0.2, 0.25) is 0 Å². The number of amides is 1. The number of nitrogens with zero attached hydrogens (tertiary/aromatic N) is 1. The summed E-state index contributed by atoms with van der Waals surface area (Å²) in [6.07, 6.45) is 6.00. The van der Waals surface area contributed by atoms with Crippen molar-refractivity contribution in [3.05, 3.63) is 29.3 Å². The molecule has 1 aromatic rings. The number of hydrazine groups is 1. The summed E-state index contributed by atoms with van der Waals surface area (Å²) < 4.78 is 0. The molecule has 1 saturated carbocycles. The van der Waals surface area contributed by atoms with E-state index in [1.165, 1.54) is 19.3 Å². The Kier molecular flexibility index (Phi) is 5.23. The molecule has 1 amide bonds. The van der Waals surface area contributed by atoms with E-state index >= 15 is 0 Å². The Morgan fingerprint density at radius 3 is 2.52 bits per heavy atom. The van der Waals surface area contributed by atoms with Crippen LogP contribution in [-0.2, 0) is 0 Å². The van der Waals surface area contributed by atoms with E-state index < -0.39 is 0 Å². The number of nitrogen functional groups attached to an aromatic ring is 1. The average molecular weight is 289 g/mol. The molecule has 0 heterocycles. The van der Waals surface area contributed by atoms with Gasteiger partial charge in [-0.3, -0.25) is 10.6 Å². The molecule has 0 atom stereocenters. The van der Waals surface area contributed by atoms with Crippen molar-refractivity contribution in [2.24, 2.45) is 11.8 Å². The summed E-state index contributed by atoms with van der Waals surface area (Å²) in [5, 5.41) is 0. The van der Waals surface area contributed by atoms with Crippen molar-refractivity contribution in [3.63, 3.8) is 0 Å². The number of carbonyl (C=O) groups excluding carboxylic acids is 1. The first-order chi connectivity index (χ1) is 10.1. The van der Waals surface area contributed by atoms with Gasteiger partial charge in [-0.25, -0.2) is 0 Å². The highest BCUT2D eigenvalue weighted by atomic mass is 16.2. The maximum atomic E-state index is 12.7. The largest absolute Gasteiger partial charge is 0.339 e. The summed E-state index contributed by atoms with van der Waals surface area (Å²) >= 11 is 0. The highest BCUT2D eigenvalue weighted by molar-refractivity contribution is 5.96. The summed E-state index contributed by atoms with van der Waals surface area (Å²) in [4.78, 5) is 14.6. The number of aryl methyl sites for hydroxylation is 1. The van der Waals surface area contributed by atoms with E-state index in [2.05, 4.69) is 12.3 Å². The Morgan fingerprint density at radius 1 is 1.33 bits per heavy atom. The van der Waals surface area contributed by atoms with E-state index in [4.69, 9.17) is 5.84 Å². The Bertz CT molecular complexity index is 493. The van der Waals surface area contributed by atoms with Crippen molar-refractivity contribution in [2.75, 3.05) is 12.5 Å². The van der Waals surface area contributed by atoms with Gasteiger partial charge in [-0.15, -0.1) is 0 Å². The number of rotatable bonds is 4. The molecule has 3 N–H and O–H groups in total. The second kappa shape index (κ2) is 6.94. The minimum atomic E-state index is 0.121. The lowest BCUT2D eigenvalue weighted by Gasteiger charge is -2.34. The molecule has 116 valence electrons. The monoisotopic (exact) mass is 289 g/mol. The summed E-state index contributed by atoms with van der Waals surface area (Å²) in [7, 11) is 1.94. The smallest absolute Gasteiger partial charge is 0.254 e. The van der Waals surface area contributed by atoms with Crippen molar-refractivity contribution in [3.8, 4) is 0 Å². The first kappa shape index (κ1) is 15.8. The second-order valence-corrected chi connectivity index (χ2v) is 6.17. The predicted molar refractivity (Wildman–Crippen MR) is 87.1 cm³/mol. The number of anilines is 1. The summed E-state index contributed by atoms with van der Waals surface area (Å²) in [6.45, 7) is 4.21. The van der Waals surface area contributed by atoms with Gasteiger partial charge in [0.05, 0.1) is 0 Å². The van der Waals surface area contributed by atoms with Crippen LogP contribution in [0, 0.1) is 12.8 Å². The van der Waals surface area contributed by atoms with Crippen molar-refractivity contribution in [1.82, 2.24) is 4.90 Å². The first-order valence-electron chi connectivity index (χ1n) is 7.91. The fraction of sp³-hybridized carbons (Fsp3) is 0.588. The second-order valence-electron chi connectivity index (χ2n) is 6.17. The van der Waals surface area contributed by atoms with Gasteiger partial charge >= 0.3 is 0 Å². The fourth-order valence-electron chi connectivity index (χ4n) is 3.29. The Balaban J connectivity index is 2.06. The third kappa shape index (κ3) is 3.56. The minimum Gasteiger partial charge on any atom is -0.339 e. The molecule has 0 saturated heterocycles. The van der Waals surface area contributed by atoms with Gasteiger partial charge in [-0.1, -0.05) is 13.3 Å². The van der Waals surface area contributed by atoms with Gasteiger partial charge in [-0.2, -0.15) is 0 Å². The third-order valence-electron chi connectivity index (χ3n) is 4.89. The maximum absolute atomic E-state index is 12.7. The first-order valence-corrected chi connectivity index (χ1v) is 7.91. The molecule has 0 aromatic heterocycles. The van der Waals surface area contributed by atoms with Gasteiger partial charge < -0.3 is 10.3 Å². The third-order valence-corrected chi connectivity index (χ3v) is 4.89. The van der Waals surface area contributed by atoms with Crippen LogP contribution in [0.25, 0.3) is 0 Å². The number of hydrogen-bond acceptors (Lipinski definition) is 3. The summed E-state index contributed by atoms with van der Waals surface area (Å²) in [5.74, 6) is 6.37. The number of nitrogens with two attached hydrogens (primary N) is 1. The number of hydrogen-bond donors (Lipinski definition) is 2. The fourth-order valence-corrected chi connectivity index (χ4v) is 3.29. The zero-order valence-corrected chi connectivity index (χ0v) is 13.4. The van der Waals surface area contributed by atoms with Gasteiger partial charge in [-0.05, 0) is 62.3 Å². The van der Waals surface area contributed by atoms with Gasteiger partial charge in [0.1, 0.15) is 0 Å². The molecule has 4 nitrogen and oxygen atoms in total. The van der Waals surface area contributed by atoms with Crippen molar-refractivity contribution in [2.45, 2.75) is 52.0 Å². The lowest BCUT2D eigenvalue weighted by Crippen LogP contribution is -2.39. The molecule has 21 heavy (non-hydrogen) atoms. The van der Waals surface area contributed by atoms with Crippen LogP contribution >= 0.6 is 0 Å². The molecule has 4 heteroatoms. The normalized spacial score (nSPS) is 21.9. The molecule has 0 bridgehead atoms. The molecule has 1 aromatic carbocycles. The number of nitrogens with one attached hydrogen (secondary N) is 1. The van der Waals surface area contributed by atoms with E-state index in [1.54, 1.807) is 0 Å². The number of carbonyl (C=O) groups is 1. The highest BCUT2D eigenvalue weighted by Gasteiger charge is 2.26. The standard InChI is InChI=1S/C17H27N3O/c1-4-13-5-8-15(9-6-13)20(3)17(21)16-10-7-14(19-18)11-12(16)2/h7,10-11,13,15,19H,4-6,8-9,18H2,1-3H3. The zero-order valence-electron chi connectivity index (χ0n) is 13.4. The van der Waals surface area contributed by atoms with E-state index in [1.807, 2.05) is 37.1 Å². The van der Waals surface area contributed by atoms with Crippen LogP contribution < -0.4 is 11.3 Å². The predicted octanol–water partition coefficient (Wildman–Crippen LogP) is 3.32. The van der Waals surface area contributed by atoms with Gasteiger partial charge in [0.15, 0.2) is 0 Å². The molecule has 1 aliphatic carbocycles. The highest BCUT2D eigenvalue weighted by Crippen LogP contribution is 2.30. The van der Waals surface area contributed by atoms with Gasteiger partial charge in [0.2, 0.25) is 0 Å². The molecule has 1 aliphatic rings. The Hall–Kier alpha value is -1.55. The number of benzene rings is 1. The molecule has 0 aliphatic heterocycles. The molecular formula is C17H27N3O. The van der Waals surface area contributed by atoms with Crippen molar-refractivity contribution in [1.29, 1.82) is 0 Å². The molecular weight excluding hydrogens is 262 g/mol. The SMILES string of the molecule is CCC1CCC(N(C)C(=O)c2ccc(NN)cc2C)CC1. The average Bonchev–Trinajstić information content (AvgIpc) is 2.53. The molecule has 0 unspecified atom stereocenters. The van der Waals surface area contributed by atoms with Crippen LogP contribution in [0.4, 0.5) is 5.69 Å². The van der Waals surface area contributed by atoms with Crippen LogP contribution in [-0.4, -0.2) is 23.9 Å². The van der Waals surface area contributed by atoms with Gasteiger partial charge in [0.25, 0.3) is 5.91 Å². The van der Waals surface area contributed by atoms with Crippen LogP contribution in [0.3, 0.4) is 0 Å². The van der Waals surface area contributed by atoms with Crippen molar-refractivity contribution < 1.29 is 4.79 Å². The lowest BCUT2D eigenvalue weighted by atomic mass is 9.84.